The topological polar surface area (TPSA) is 32.3 Å². The summed E-state index contributed by atoms with van der Waals surface area (Å²) >= 11 is 0. The first-order chi connectivity index (χ1) is 11.7. The zero-order valence-electron chi connectivity index (χ0n) is 14.4. The van der Waals surface area contributed by atoms with E-state index >= 15 is 0 Å². The van der Waals surface area contributed by atoms with Crippen LogP contribution >= 0.6 is 0 Å². The molecule has 0 bridgehead atoms. The molecule has 1 fully saturated rings. The molecule has 126 valence electrons. The van der Waals surface area contributed by atoms with Gasteiger partial charge in [-0.2, -0.15) is 0 Å². The normalized spacial score (nSPS) is 15.3. The van der Waals surface area contributed by atoms with E-state index in [1.54, 1.807) is 0 Å². The molecule has 24 heavy (non-hydrogen) atoms. The molecule has 0 atom stereocenters. The number of carbonyl (C=O) groups is 1. The summed E-state index contributed by atoms with van der Waals surface area (Å²) in [7, 11) is 0. The van der Waals surface area contributed by atoms with Crippen LogP contribution in [-0.4, -0.2) is 30.4 Å². The molecule has 1 N–H and O–H groups in total. The van der Waals surface area contributed by atoms with Crippen LogP contribution in [0.3, 0.4) is 0 Å². The second kappa shape index (κ2) is 8.00. The molecule has 1 amide bonds. The van der Waals surface area contributed by atoms with Crippen LogP contribution in [0.4, 0.5) is 5.69 Å². The summed E-state index contributed by atoms with van der Waals surface area (Å²) in [4.78, 5) is 14.4. The minimum atomic E-state index is 0.203. The number of hydrogen-bond acceptors (Lipinski definition) is 2. The monoisotopic (exact) mass is 322 g/mol. The lowest BCUT2D eigenvalue weighted by atomic mass is 9.90. The molecule has 1 aliphatic rings. The Hall–Kier alpha value is -2.29. The highest BCUT2D eigenvalue weighted by Gasteiger charge is 2.22. The molecule has 2 aromatic carbocycles. The van der Waals surface area contributed by atoms with Gasteiger partial charge in [-0.15, -0.1) is 0 Å². The van der Waals surface area contributed by atoms with Crippen LogP contribution in [0.2, 0.25) is 0 Å². The van der Waals surface area contributed by atoms with Gasteiger partial charge in [0.15, 0.2) is 0 Å². The molecule has 0 aliphatic carbocycles. The maximum Gasteiger partial charge on any atom is 0.241 e. The molecule has 2 aromatic rings. The molecule has 0 radical (unpaired) electrons. The SMILES string of the molecule is Cc1cccc(NCC(=O)N2CCC(Cc3ccccc3)CC2)c1. The smallest absolute Gasteiger partial charge is 0.241 e. The van der Waals surface area contributed by atoms with Gasteiger partial charge < -0.3 is 10.2 Å². The molecule has 1 aliphatic heterocycles. The molecule has 0 spiro atoms. The second-order valence-electron chi connectivity index (χ2n) is 6.74. The number of piperidine rings is 1. The Morgan fingerprint density at radius 3 is 2.54 bits per heavy atom. The van der Waals surface area contributed by atoms with Crippen molar-refractivity contribution in [3.05, 3.63) is 65.7 Å². The lowest BCUT2D eigenvalue weighted by Gasteiger charge is -2.32. The molecule has 0 aromatic heterocycles. The number of aryl methyl sites for hydroxylation is 1. The van der Waals surface area contributed by atoms with Gasteiger partial charge in [0.2, 0.25) is 5.91 Å². The van der Waals surface area contributed by atoms with E-state index in [-0.39, 0.29) is 5.91 Å². The van der Waals surface area contributed by atoms with Crippen LogP contribution in [0.1, 0.15) is 24.0 Å². The molecular formula is C21H26N2O. The molecule has 0 unspecified atom stereocenters. The first kappa shape index (κ1) is 16.6. The number of carbonyl (C=O) groups excluding carboxylic acids is 1. The number of nitrogens with one attached hydrogen (secondary N) is 1. The standard InChI is InChI=1S/C21H26N2O/c1-17-6-5-9-20(14-17)22-16-21(24)23-12-10-19(11-13-23)15-18-7-3-2-4-8-18/h2-9,14,19,22H,10-13,15-16H2,1H3. The largest absolute Gasteiger partial charge is 0.376 e. The predicted molar refractivity (Wildman–Crippen MR) is 99.1 cm³/mol. The third-order valence-corrected chi connectivity index (χ3v) is 4.80. The van der Waals surface area contributed by atoms with Crippen molar-refractivity contribution >= 4 is 11.6 Å². The van der Waals surface area contributed by atoms with Gasteiger partial charge in [-0.25, -0.2) is 0 Å². The Bertz CT molecular complexity index is 661. The molecule has 3 nitrogen and oxygen atoms in total. The summed E-state index contributed by atoms with van der Waals surface area (Å²) in [6.45, 7) is 4.20. The van der Waals surface area contributed by atoms with Crippen LogP contribution in [0.15, 0.2) is 54.6 Å². The first-order valence-electron chi connectivity index (χ1n) is 8.83. The van der Waals surface area contributed by atoms with Gasteiger partial charge in [0.1, 0.15) is 0 Å². The van der Waals surface area contributed by atoms with Gasteiger partial charge in [-0.1, -0.05) is 42.5 Å². The average Bonchev–Trinajstić information content (AvgIpc) is 2.61. The molecular weight excluding hydrogens is 296 g/mol. The fourth-order valence-corrected chi connectivity index (χ4v) is 3.38. The van der Waals surface area contributed by atoms with Crippen LogP contribution in [-0.2, 0) is 11.2 Å². The summed E-state index contributed by atoms with van der Waals surface area (Å²) in [5.41, 5.74) is 3.62. The van der Waals surface area contributed by atoms with Crippen molar-refractivity contribution in [2.75, 3.05) is 25.0 Å². The molecule has 0 saturated carbocycles. The van der Waals surface area contributed by atoms with E-state index in [0.717, 1.165) is 38.0 Å². The summed E-state index contributed by atoms with van der Waals surface area (Å²) < 4.78 is 0. The van der Waals surface area contributed by atoms with E-state index in [9.17, 15) is 4.79 Å². The van der Waals surface area contributed by atoms with Gasteiger partial charge in [0, 0.05) is 18.8 Å². The average molecular weight is 322 g/mol. The van der Waals surface area contributed by atoms with Crippen molar-refractivity contribution in [1.82, 2.24) is 4.90 Å². The lowest BCUT2D eigenvalue weighted by Crippen LogP contribution is -2.41. The maximum absolute atomic E-state index is 12.4. The van der Waals surface area contributed by atoms with Gasteiger partial charge in [0.05, 0.1) is 6.54 Å². The van der Waals surface area contributed by atoms with Crippen molar-refractivity contribution in [3.8, 4) is 0 Å². The Balaban J connectivity index is 1.43. The van der Waals surface area contributed by atoms with Gasteiger partial charge in [0.25, 0.3) is 0 Å². The zero-order chi connectivity index (χ0) is 16.8. The highest BCUT2D eigenvalue weighted by Crippen LogP contribution is 2.21. The number of anilines is 1. The van der Waals surface area contributed by atoms with Crippen LogP contribution < -0.4 is 5.32 Å². The zero-order valence-corrected chi connectivity index (χ0v) is 14.4. The van der Waals surface area contributed by atoms with Crippen LogP contribution in [0.5, 0.6) is 0 Å². The van der Waals surface area contributed by atoms with Crippen molar-refractivity contribution in [1.29, 1.82) is 0 Å². The fraction of sp³-hybridized carbons (Fsp3) is 0.381. The first-order valence-corrected chi connectivity index (χ1v) is 8.83. The summed E-state index contributed by atoms with van der Waals surface area (Å²) in [6.07, 6.45) is 3.33. The second-order valence-corrected chi connectivity index (χ2v) is 6.74. The van der Waals surface area contributed by atoms with Crippen molar-refractivity contribution in [2.24, 2.45) is 5.92 Å². The summed E-state index contributed by atoms with van der Waals surface area (Å²) in [5, 5.41) is 3.24. The van der Waals surface area contributed by atoms with E-state index in [0.29, 0.717) is 12.5 Å². The van der Waals surface area contributed by atoms with Gasteiger partial charge >= 0.3 is 0 Å². The number of rotatable bonds is 5. The molecule has 1 heterocycles. The van der Waals surface area contributed by atoms with Gasteiger partial charge in [-0.3, -0.25) is 4.79 Å². The number of benzene rings is 2. The highest BCUT2D eigenvalue weighted by molar-refractivity contribution is 5.81. The van der Waals surface area contributed by atoms with Crippen molar-refractivity contribution in [3.63, 3.8) is 0 Å². The number of likely N-dealkylation sites (tertiary alicyclic amines) is 1. The number of amides is 1. The van der Waals surface area contributed by atoms with Crippen molar-refractivity contribution < 1.29 is 4.79 Å². The molecule has 3 rings (SSSR count). The van der Waals surface area contributed by atoms with Crippen LogP contribution in [0.25, 0.3) is 0 Å². The van der Waals surface area contributed by atoms with E-state index in [1.165, 1.54) is 11.1 Å². The summed E-state index contributed by atoms with van der Waals surface area (Å²) in [6, 6.07) is 18.8. The lowest BCUT2D eigenvalue weighted by molar-refractivity contribution is -0.130. The Morgan fingerprint density at radius 1 is 1.08 bits per heavy atom. The highest BCUT2D eigenvalue weighted by atomic mass is 16.2. The Labute approximate surface area is 144 Å². The van der Waals surface area contributed by atoms with E-state index in [2.05, 4.69) is 54.7 Å². The van der Waals surface area contributed by atoms with Crippen molar-refractivity contribution in [2.45, 2.75) is 26.2 Å². The third kappa shape index (κ3) is 4.60. The quantitative estimate of drug-likeness (QED) is 0.906. The van der Waals surface area contributed by atoms with E-state index in [1.807, 2.05) is 17.0 Å². The van der Waals surface area contributed by atoms with Gasteiger partial charge in [-0.05, 0) is 55.4 Å². The Kier molecular flexibility index (Phi) is 5.52. The molecule has 3 heteroatoms. The fourth-order valence-electron chi connectivity index (χ4n) is 3.38. The number of nitrogens with zero attached hydrogens (tertiary/aromatic N) is 1. The number of hydrogen-bond donors (Lipinski definition) is 1. The maximum atomic E-state index is 12.4. The minimum Gasteiger partial charge on any atom is -0.376 e. The molecule has 1 saturated heterocycles. The summed E-state index contributed by atoms with van der Waals surface area (Å²) in [5.74, 6) is 0.899. The van der Waals surface area contributed by atoms with E-state index < -0.39 is 0 Å². The minimum absolute atomic E-state index is 0.203. The van der Waals surface area contributed by atoms with Crippen LogP contribution in [0, 0.1) is 12.8 Å². The third-order valence-electron chi connectivity index (χ3n) is 4.80. The van der Waals surface area contributed by atoms with E-state index in [4.69, 9.17) is 0 Å². The Morgan fingerprint density at radius 2 is 1.83 bits per heavy atom. The predicted octanol–water partition coefficient (Wildman–Crippen LogP) is 3.89.